The van der Waals surface area contributed by atoms with Crippen LogP contribution in [0.2, 0.25) is 5.02 Å². The fourth-order valence-corrected chi connectivity index (χ4v) is 2.32. The van der Waals surface area contributed by atoms with Gasteiger partial charge in [-0.25, -0.2) is 4.98 Å². The van der Waals surface area contributed by atoms with E-state index in [4.69, 9.17) is 22.1 Å². The van der Waals surface area contributed by atoms with Gasteiger partial charge < -0.3 is 15.4 Å². The van der Waals surface area contributed by atoms with Gasteiger partial charge >= 0.3 is 0 Å². The van der Waals surface area contributed by atoms with Crippen LogP contribution in [0.4, 0.5) is 5.82 Å². The summed E-state index contributed by atoms with van der Waals surface area (Å²) in [4.78, 5) is 17.4. The molecule has 18 heavy (non-hydrogen) atoms. The summed E-state index contributed by atoms with van der Waals surface area (Å²) < 4.78 is 5.44. The molecule has 0 aromatic carbocycles. The zero-order valence-electron chi connectivity index (χ0n) is 10.2. The Hall–Kier alpha value is -1.33. The van der Waals surface area contributed by atoms with Crippen molar-refractivity contribution in [2.24, 2.45) is 5.73 Å². The topological polar surface area (TPSA) is 68.4 Å². The highest BCUT2D eigenvalue weighted by Gasteiger charge is 2.24. The standard InChI is InChI=1S/C12H16ClN3O2/c1-2-9-7-18-4-3-16(9)12-10(13)5-8(6-15-12)11(14)17/h5-6,9H,2-4,7H2,1H3,(H2,14,17). The van der Waals surface area contributed by atoms with Crippen LogP contribution in [0.15, 0.2) is 12.3 Å². The number of primary amides is 1. The van der Waals surface area contributed by atoms with E-state index in [1.165, 1.54) is 6.20 Å². The largest absolute Gasteiger partial charge is 0.377 e. The molecule has 1 aromatic heterocycles. The van der Waals surface area contributed by atoms with Crippen molar-refractivity contribution in [1.29, 1.82) is 0 Å². The van der Waals surface area contributed by atoms with E-state index < -0.39 is 5.91 Å². The second kappa shape index (κ2) is 5.54. The molecule has 1 aromatic rings. The Morgan fingerprint density at radius 2 is 2.50 bits per heavy atom. The molecule has 1 unspecified atom stereocenters. The molecule has 2 heterocycles. The second-order valence-corrected chi connectivity index (χ2v) is 4.63. The second-order valence-electron chi connectivity index (χ2n) is 4.22. The average Bonchev–Trinajstić information content (AvgIpc) is 2.38. The van der Waals surface area contributed by atoms with Gasteiger partial charge in [0.2, 0.25) is 5.91 Å². The Labute approximate surface area is 111 Å². The highest BCUT2D eigenvalue weighted by Crippen LogP contribution is 2.27. The van der Waals surface area contributed by atoms with Crippen molar-refractivity contribution >= 4 is 23.3 Å². The van der Waals surface area contributed by atoms with Gasteiger partial charge in [-0.15, -0.1) is 0 Å². The van der Waals surface area contributed by atoms with Crippen molar-refractivity contribution in [3.05, 3.63) is 22.8 Å². The van der Waals surface area contributed by atoms with E-state index in [9.17, 15) is 4.79 Å². The molecular weight excluding hydrogens is 254 g/mol. The van der Waals surface area contributed by atoms with Gasteiger partial charge in [-0.2, -0.15) is 0 Å². The molecule has 1 atom stereocenters. The first-order chi connectivity index (χ1) is 8.63. The molecule has 0 spiro atoms. The lowest BCUT2D eigenvalue weighted by Gasteiger charge is -2.36. The lowest BCUT2D eigenvalue weighted by molar-refractivity contribution is 0.0925. The van der Waals surface area contributed by atoms with Gasteiger partial charge in [0.05, 0.1) is 29.8 Å². The Bertz CT molecular complexity index is 453. The van der Waals surface area contributed by atoms with Crippen molar-refractivity contribution in [2.75, 3.05) is 24.7 Å². The quantitative estimate of drug-likeness (QED) is 0.902. The molecule has 6 heteroatoms. The maximum Gasteiger partial charge on any atom is 0.250 e. The van der Waals surface area contributed by atoms with Crippen LogP contribution in [0.5, 0.6) is 0 Å². The number of nitrogens with two attached hydrogens (primary N) is 1. The van der Waals surface area contributed by atoms with Crippen molar-refractivity contribution in [3.63, 3.8) is 0 Å². The van der Waals surface area contributed by atoms with E-state index in [0.29, 0.717) is 29.6 Å². The summed E-state index contributed by atoms with van der Waals surface area (Å²) in [5.41, 5.74) is 5.52. The number of nitrogens with zero attached hydrogens (tertiary/aromatic N) is 2. The molecule has 0 saturated carbocycles. The predicted octanol–water partition coefficient (Wildman–Crippen LogP) is 1.45. The number of halogens is 1. The maximum absolute atomic E-state index is 11.1. The molecule has 2 rings (SSSR count). The molecule has 0 radical (unpaired) electrons. The first-order valence-electron chi connectivity index (χ1n) is 5.93. The van der Waals surface area contributed by atoms with Gasteiger partial charge in [-0.1, -0.05) is 18.5 Å². The van der Waals surface area contributed by atoms with Crippen LogP contribution in [0.1, 0.15) is 23.7 Å². The molecule has 0 aliphatic carbocycles. The minimum absolute atomic E-state index is 0.267. The van der Waals surface area contributed by atoms with Crippen LogP contribution in [0, 0.1) is 0 Å². The first-order valence-corrected chi connectivity index (χ1v) is 6.31. The van der Waals surface area contributed by atoms with Gasteiger partial charge in [0.15, 0.2) is 0 Å². The summed E-state index contributed by atoms with van der Waals surface area (Å²) in [6, 6.07) is 1.83. The Balaban J connectivity index is 2.29. The summed E-state index contributed by atoms with van der Waals surface area (Å²) in [5.74, 6) is 0.168. The summed E-state index contributed by atoms with van der Waals surface area (Å²) in [5, 5.41) is 0.451. The average molecular weight is 270 g/mol. The van der Waals surface area contributed by atoms with Crippen LogP contribution >= 0.6 is 11.6 Å². The van der Waals surface area contributed by atoms with E-state index in [-0.39, 0.29) is 6.04 Å². The summed E-state index contributed by atoms with van der Waals surface area (Å²) in [7, 11) is 0. The van der Waals surface area contributed by atoms with E-state index in [2.05, 4.69) is 16.8 Å². The number of carbonyl (C=O) groups excluding carboxylic acids is 1. The van der Waals surface area contributed by atoms with Crippen LogP contribution < -0.4 is 10.6 Å². The Kier molecular flexibility index (Phi) is 4.04. The normalized spacial score (nSPS) is 19.9. The number of hydrogen-bond acceptors (Lipinski definition) is 4. The minimum atomic E-state index is -0.523. The fourth-order valence-electron chi connectivity index (χ4n) is 2.05. The van der Waals surface area contributed by atoms with Crippen molar-refractivity contribution in [1.82, 2.24) is 4.98 Å². The van der Waals surface area contributed by atoms with E-state index in [0.717, 1.165) is 13.0 Å². The van der Waals surface area contributed by atoms with Crippen molar-refractivity contribution in [2.45, 2.75) is 19.4 Å². The summed E-state index contributed by atoms with van der Waals surface area (Å²) >= 11 is 6.18. The highest BCUT2D eigenvalue weighted by molar-refractivity contribution is 6.33. The van der Waals surface area contributed by atoms with Gasteiger partial charge in [0, 0.05) is 12.7 Å². The lowest BCUT2D eigenvalue weighted by Crippen LogP contribution is -2.45. The minimum Gasteiger partial charge on any atom is -0.377 e. The number of ether oxygens (including phenoxy) is 1. The summed E-state index contributed by atoms with van der Waals surface area (Å²) in [6.45, 7) is 4.18. The Morgan fingerprint density at radius 1 is 1.72 bits per heavy atom. The maximum atomic E-state index is 11.1. The third-order valence-corrected chi connectivity index (χ3v) is 3.36. The summed E-state index contributed by atoms with van der Waals surface area (Å²) in [6.07, 6.45) is 2.42. The molecule has 1 fully saturated rings. The van der Waals surface area contributed by atoms with Crippen LogP contribution in [0.25, 0.3) is 0 Å². The molecule has 1 saturated heterocycles. The highest BCUT2D eigenvalue weighted by atomic mass is 35.5. The monoisotopic (exact) mass is 269 g/mol. The van der Waals surface area contributed by atoms with Gasteiger partial charge in [-0.05, 0) is 12.5 Å². The number of anilines is 1. The predicted molar refractivity (Wildman–Crippen MR) is 70.0 cm³/mol. The number of aromatic nitrogens is 1. The van der Waals surface area contributed by atoms with Gasteiger partial charge in [-0.3, -0.25) is 4.79 Å². The molecule has 1 aliphatic heterocycles. The molecule has 5 nitrogen and oxygen atoms in total. The number of pyridine rings is 1. The van der Waals surface area contributed by atoms with Crippen molar-refractivity contribution in [3.8, 4) is 0 Å². The van der Waals surface area contributed by atoms with E-state index in [1.807, 2.05) is 0 Å². The molecule has 1 aliphatic rings. The third kappa shape index (κ3) is 2.57. The van der Waals surface area contributed by atoms with E-state index in [1.54, 1.807) is 6.07 Å². The SMILES string of the molecule is CCC1COCCN1c1ncc(C(N)=O)cc1Cl. The zero-order chi connectivity index (χ0) is 13.1. The number of hydrogen-bond donors (Lipinski definition) is 1. The molecule has 2 N–H and O–H groups in total. The van der Waals surface area contributed by atoms with Crippen LogP contribution in [-0.4, -0.2) is 36.7 Å². The van der Waals surface area contributed by atoms with E-state index >= 15 is 0 Å². The molecular formula is C12H16ClN3O2. The van der Waals surface area contributed by atoms with Crippen molar-refractivity contribution < 1.29 is 9.53 Å². The van der Waals surface area contributed by atoms with Gasteiger partial charge in [0.25, 0.3) is 0 Å². The molecule has 0 bridgehead atoms. The smallest absolute Gasteiger partial charge is 0.250 e. The third-order valence-electron chi connectivity index (χ3n) is 3.08. The zero-order valence-corrected chi connectivity index (χ0v) is 11.0. The number of morpholine rings is 1. The number of amides is 1. The Morgan fingerprint density at radius 3 is 3.11 bits per heavy atom. The number of rotatable bonds is 3. The van der Waals surface area contributed by atoms with Gasteiger partial charge in [0.1, 0.15) is 5.82 Å². The fraction of sp³-hybridized carbons (Fsp3) is 0.500. The van der Waals surface area contributed by atoms with Crippen LogP contribution in [0.3, 0.4) is 0 Å². The lowest BCUT2D eigenvalue weighted by atomic mass is 10.1. The van der Waals surface area contributed by atoms with Crippen LogP contribution in [-0.2, 0) is 4.74 Å². The molecule has 1 amide bonds. The first kappa shape index (κ1) is 13.1. The molecule has 98 valence electrons. The number of carbonyl (C=O) groups is 1.